The van der Waals surface area contributed by atoms with Crippen LogP contribution in [0.5, 0.6) is 0 Å². The molecule has 4 aromatic rings. The van der Waals surface area contributed by atoms with E-state index in [1.807, 2.05) is 43.4 Å². The van der Waals surface area contributed by atoms with Crippen LogP contribution in [0.25, 0.3) is 21.3 Å². The summed E-state index contributed by atoms with van der Waals surface area (Å²) in [6, 6.07) is 14.0. The number of aryl methyl sites for hydroxylation is 1. The molecule has 2 N–H and O–H groups in total. The lowest BCUT2D eigenvalue weighted by atomic mass is 10.3. The Bertz CT molecular complexity index is 1090. The van der Waals surface area contributed by atoms with Crippen molar-refractivity contribution >= 4 is 71.3 Å². The van der Waals surface area contributed by atoms with E-state index in [0.717, 1.165) is 30.9 Å². The first-order valence-corrected chi connectivity index (χ1v) is 10.1. The summed E-state index contributed by atoms with van der Waals surface area (Å²) in [5.74, 6) is 0.252. The average Bonchev–Trinajstić information content (AvgIpc) is 3.13. The predicted molar refractivity (Wildman–Crippen MR) is 106 cm³/mol. The van der Waals surface area contributed by atoms with Gasteiger partial charge >= 0.3 is 5.16 Å². The minimum Gasteiger partial charge on any atom is -0.301 e. The van der Waals surface area contributed by atoms with Gasteiger partial charge in [-0.1, -0.05) is 39.4 Å². The van der Waals surface area contributed by atoms with Gasteiger partial charge in [-0.2, -0.15) is 0 Å². The summed E-state index contributed by atoms with van der Waals surface area (Å²) in [4.78, 5) is 20.0. The maximum atomic E-state index is 12.3. The number of halogens is 1. The summed E-state index contributed by atoms with van der Waals surface area (Å²) in [6.07, 6.45) is 0. The lowest BCUT2D eigenvalue weighted by Crippen LogP contribution is -2.29. The number of H-pyrrole nitrogens is 1. The first-order valence-electron chi connectivity index (χ1n) is 7.55. The molecule has 0 unspecified atom stereocenters. The van der Waals surface area contributed by atoms with Crippen LogP contribution >= 0.6 is 39.0 Å². The Kier molecular flexibility index (Phi) is 4.49. The number of thiazole rings is 1. The largest absolute Gasteiger partial charge is 0.317 e. The molecule has 2 aromatic heterocycles. The van der Waals surface area contributed by atoms with Crippen molar-refractivity contribution < 1.29 is 9.36 Å². The third kappa shape index (κ3) is 3.42. The van der Waals surface area contributed by atoms with Gasteiger partial charge in [0.15, 0.2) is 16.2 Å². The third-order valence-corrected chi connectivity index (χ3v) is 6.23. The number of thioether (sulfide) groups is 1. The van der Waals surface area contributed by atoms with Gasteiger partial charge in [-0.15, -0.1) is 0 Å². The van der Waals surface area contributed by atoms with Gasteiger partial charge in [0.1, 0.15) is 0 Å². The maximum Gasteiger partial charge on any atom is 0.317 e. The van der Waals surface area contributed by atoms with Crippen LogP contribution in [-0.4, -0.2) is 21.6 Å². The molecule has 0 bridgehead atoms. The molecule has 0 fully saturated rings. The van der Waals surface area contributed by atoms with Crippen LogP contribution in [0, 0.1) is 0 Å². The Morgan fingerprint density at radius 3 is 3.04 bits per heavy atom. The molecule has 126 valence electrons. The molecule has 2 heterocycles. The van der Waals surface area contributed by atoms with E-state index < -0.39 is 0 Å². The number of hydrogen-bond donors (Lipinski definition) is 2. The minimum absolute atomic E-state index is 0.0678. The van der Waals surface area contributed by atoms with E-state index in [1.54, 1.807) is 0 Å². The molecule has 4 rings (SSSR count). The maximum absolute atomic E-state index is 12.3. The van der Waals surface area contributed by atoms with E-state index in [1.165, 1.54) is 23.1 Å². The number of hydrogen-bond acceptors (Lipinski definition) is 4. The summed E-state index contributed by atoms with van der Waals surface area (Å²) in [5, 5.41) is 4.46. The molecule has 8 heteroatoms. The number of aromatic amines is 1. The molecular weight excluding hydrogens is 420 g/mol. The molecule has 0 atom stereocenters. The standard InChI is InChI=1S/C17H13BrN4OS2/c1-22-13-5-3-2-4-11(13)20-17(22)24-9-15(23)21-16-19-12-7-6-10(18)8-14(12)25-16/h2-8H,9H2,1H3,(H,19,21,23)/p+1. The topological polar surface area (TPSA) is 61.7 Å². The summed E-state index contributed by atoms with van der Waals surface area (Å²) in [7, 11) is 1.99. The van der Waals surface area contributed by atoms with E-state index in [-0.39, 0.29) is 5.91 Å². The zero-order chi connectivity index (χ0) is 17.4. The number of anilines is 1. The van der Waals surface area contributed by atoms with Crippen molar-refractivity contribution in [3.63, 3.8) is 0 Å². The molecule has 0 radical (unpaired) electrons. The van der Waals surface area contributed by atoms with Crippen LogP contribution in [0.15, 0.2) is 52.1 Å². The molecule has 25 heavy (non-hydrogen) atoms. The van der Waals surface area contributed by atoms with Gasteiger partial charge in [-0.25, -0.2) is 14.5 Å². The number of para-hydroxylation sites is 2. The number of nitrogens with zero attached hydrogens (tertiary/aromatic N) is 2. The van der Waals surface area contributed by atoms with Crippen LogP contribution in [0.4, 0.5) is 5.13 Å². The fourth-order valence-electron chi connectivity index (χ4n) is 2.55. The van der Waals surface area contributed by atoms with E-state index in [4.69, 9.17) is 0 Å². The lowest BCUT2D eigenvalue weighted by Gasteiger charge is -1.99. The van der Waals surface area contributed by atoms with E-state index in [2.05, 4.69) is 41.8 Å². The quantitative estimate of drug-likeness (QED) is 0.376. The fourth-order valence-corrected chi connectivity index (χ4v) is 4.80. The zero-order valence-corrected chi connectivity index (χ0v) is 16.5. The second-order valence-corrected chi connectivity index (χ2v) is 8.38. The molecule has 0 spiro atoms. The second kappa shape index (κ2) is 6.78. The number of amides is 1. The Balaban J connectivity index is 1.45. The molecule has 0 aliphatic rings. The molecule has 0 saturated heterocycles. The fraction of sp³-hybridized carbons (Fsp3) is 0.118. The highest BCUT2D eigenvalue weighted by Gasteiger charge is 2.17. The number of benzene rings is 2. The number of rotatable bonds is 4. The van der Waals surface area contributed by atoms with Crippen LogP contribution in [0.2, 0.25) is 0 Å². The highest BCUT2D eigenvalue weighted by molar-refractivity contribution is 9.10. The van der Waals surface area contributed by atoms with E-state index >= 15 is 0 Å². The van der Waals surface area contributed by atoms with Gasteiger partial charge in [0.05, 0.1) is 23.0 Å². The number of aromatic nitrogens is 3. The number of carbonyl (C=O) groups excluding carboxylic acids is 1. The molecule has 0 saturated carbocycles. The van der Waals surface area contributed by atoms with Crippen molar-refractivity contribution in [1.29, 1.82) is 0 Å². The zero-order valence-electron chi connectivity index (χ0n) is 13.2. The van der Waals surface area contributed by atoms with Gasteiger partial charge in [-0.05, 0) is 42.1 Å². The van der Waals surface area contributed by atoms with Crippen LogP contribution in [-0.2, 0) is 11.8 Å². The van der Waals surface area contributed by atoms with Crippen molar-refractivity contribution in [2.75, 3.05) is 11.1 Å². The van der Waals surface area contributed by atoms with Crippen LogP contribution in [0.3, 0.4) is 0 Å². The first kappa shape index (κ1) is 16.6. The summed E-state index contributed by atoms with van der Waals surface area (Å²) in [5.41, 5.74) is 3.06. The Morgan fingerprint density at radius 1 is 1.36 bits per heavy atom. The Labute approximate surface area is 160 Å². The first-order chi connectivity index (χ1) is 12.1. The summed E-state index contributed by atoms with van der Waals surface area (Å²) < 4.78 is 4.10. The molecule has 0 aliphatic heterocycles. The van der Waals surface area contributed by atoms with Gasteiger partial charge in [0.2, 0.25) is 5.91 Å². The van der Waals surface area contributed by atoms with Crippen molar-refractivity contribution in [1.82, 2.24) is 9.97 Å². The van der Waals surface area contributed by atoms with Crippen molar-refractivity contribution in [2.24, 2.45) is 7.05 Å². The number of fused-ring (bicyclic) bond motifs is 2. The normalized spacial score (nSPS) is 11.3. The monoisotopic (exact) mass is 433 g/mol. The van der Waals surface area contributed by atoms with Gasteiger partial charge in [-0.3, -0.25) is 4.79 Å². The number of carbonyl (C=O) groups is 1. The smallest absolute Gasteiger partial charge is 0.301 e. The predicted octanol–water partition coefficient (Wildman–Crippen LogP) is 4.10. The number of nitrogens with one attached hydrogen (secondary N) is 2. The second-order valence-electron chi connectivity index (χ2n) is 5.47. The molecule has 1 amide bonds. The molecular formula is C17H14BrN4OS2+. The Morgan fingerprint density at radius 2 is 2.20 bits per heavy atom. The van der Waals surface area contributed by atoms with Crippen molar-refractivity contribution in [3.8, 4) is 0 Å². The molecule has 2 aromatic carbocycles. The average molecular weight is 434 g/mol. The summed E-state index contributed by atoms with van der Waals surface area (Å²) in [6.45, 7) is 0. The van der Waals surface area contributed by atoms with Crippen molar-refractivity contribution in [2.45, 2.75) is 5.16 Å². The van der Waals surface area contributed by atoms with E-state index in [0.29, 0.717) is 10.9 Å². The molecule has 0 aliphatic carbocycles. The third-order valence-electron chi connectivity index (χ3n) is 3.75. The lowest BCUT2D eigenvalue weighted by molar-refractivity contribution is -0.683. The summed E-state index contributed by atoms with van der Waals surface area (Å²) >= 11 is 6.39. The van der Waals surface area contributed by atoms with Crippen molar-refractivity contribution in [3.05, 3.63) is 46.9 Å². The minimum atomic E-state index is -0.0678. The SMILES string of the molecule is C[n+]1c(SCC(=O)Nc2nc3ccc(Br)cc3s2)[nH]c2ccccc21. The van der Waals surface area contributed by atoms with Gasteiger partial charge in [0, 0.05) is 4.47 Å². The Hall–Kier alpha value is -1.90. The number of imidazole rings is 1. The van der Waals surface area contributed by atoms with Crippen LogP contribution < -0.4 is 9.88 Å². The molecule has 5 nitrogen and oxygen atoms in total. The van der Waals surface area contributed by atoms with Crippen LogP contribution in [0.1, 0.15) is 0 Å². The highest BCUT2D eigenvalue weighted by Crippen LogP contribution is 2.28. The highest BCUT2D eigenvalue weighted by atomic mass is 79.9. The van der Waals surface area contributed by atoms with Gasteiger partial charge in [0.25, 0.3) is 0 Å². The van der Waals surface area contributed by atoms with E-state index in [9.17, 15) is 4.79 Å². The van der Waals surface area contributed by atoms with Gasteiger partial charge < -0.3 is 5.32 Å².